The van der Waals surface area contributed by atoms with E-state index in [-0.39, 0.29) is 18.6 Å². The molecule has 0 spiro atoms. The number of rotatable bonds is 6. The number of hydrogen-bond acceptors (Lipinski definition) is 6. The number of nitrogens with one attached hydrogen (secondary N) is 1. The Morgan fingerprint density at radius 2 is 1.66 bits per heavy atom. The zero-order valence-corrected chi connectivity index (χ0v) is 25.7. The fourth-order valence-electron chi connectivity index (χ4n) is 5.34. The number of fused-ring (bicyclic) bond motifs is 1. The standard InChI is InChI=1S/C24H31N5O2.C9H12S/c1-16-11-22(27-17(2)13-25)21-14-26-29(23(21)12-16)20-5-3-19(4-6-20)24(31)28-9-7-18(15-30)8-10-28;1-6-4-7(2)9(10)8(3)5-6/h3-6,11-12,14,17-18,27,30H,7-10,13,15,25H2,1-2H3;4-5,10H,1-3H3/t17-;/m1./s1. The zero-order chi connectivity index (χ0) is 29.7. The van der Waals surface area contributed by atoms with Gasteiger partial charge in [0.15, 0.2) is 0 Å². The maximum Gasteiger partial charge on any atom is 0.253 e. The van der Waals surface area contributed by atoms with E-state index < -0.39 is 0 Å². The number of amides is 1. The fraction of sp³-hybridized carbons (Fsp3) is 0.394. The monoisotopic (exact) mass is 573 g/mol. The summed E-state index contributed by atoms with van der Waals surface area (Å²) in [6.45, 7) is 12.6. The van der Waals surface area contributed by atoms with Crippen LogP contribution in [0, 0.1) is 33.6 Å². The van der Waals surface area contributed by atoms with Crippen molar-refractivity contribution in [3.63, 3.8) is 0 Å². The molecule has 4 N–H and O–H groups in total. The molecule has 3 aromatic carbocycles. The minimum absolute atomic E-state index is 0.0476. The summed E-state index contributed by atoms with van der Waals surface area (Å²) in [5, 5.41) is 18.4. The Labute approximate surface area is 249 Å². The summed E-state index contributed by atoms with van der Waals surface area (Å²) in [5.74, 6) is 0.363. The summed E-state index contributed by atoms with van der Waals surface area (Å²) < 4.78 is 1.90. The Kier molecular flexibility index (Phi) is 10.1. The van der Waals surface area contributed by atoms with Crippen molar-refractivity contribution in [3.8, 4) is 5.69 Å². The SMILES string of the molecule is Cc1cc(C)c(S)c(C)c1.Cc1cc(N[C@H](C)CN)c2cnn(-c3ccc(C(=O)N4CCC(CO)CC4)cc3)c2c1. The first-order valence-corrected chi connectivity index (χ1v) is 14.8. The lowest BCUT2D eigenvalue weighted by Gasteiger charge is -2.31. The summed E-state index contributed by atoms with van der Waals surface area (Å²) in [5.41, 5.74) is 14.4. The van der Waals surface area contributed by atoms with Crippen LogP contribution in [0.2, 0.25) is 0 Å². The predicted molar refractivity (Wildman–Crippen MR) is 172 cm³/mol. The molecule has 0 aliphatic carbocycles. The Morgan fingerprint density at radius 3 is 2.24 bits per heavy atom. The first-order chi connectivity index (χ1) is 19.6. The molecule has 1 fully saturated rings. The van der Waals surface area contributed by atoms with Gasteiger partial charge >= 0.3 is 0 Å². The molecule has 1 aromatic heterocycles. The molecule has 0 unspecified atom stereocenters. The average Bonchev–Trinajstić information content (AvgIpc) is 3.40. The molecule has 8 heteroatoms. The lowest BCUT2D eigenvalue weighted by molar-refractivity contribution is 0.0651. The largest absolute Gasteiger partial charge is 0.396 e. The van der Waals surface area contributed by atoms with Crippen LogP contribution in [0.5, 0.6) is 0 Å². The Hall–Kier alpha value is -3.33. The quantitative estimate of drug-likeness (QED) is 0.218. The van der Waals surface area contributed by atoms with Gasteiger partial charge in [-0.1, -0.05) is 17.7 Å². The average molecular weight is 574 g/mol. The predicted octanol–water partition coefficient (Wildman–Crippen LogP) is 5.84. The topological polar surface area (TPSA) is 96.4 Å². The molecule has 5 rings (SSSR count). The first kappa shape index (κ1) is 30.6. The number of piperidine rings is 1. The van der Waals surface area contributed by atoms with E-state index in [1.807, 2.05) is 40.0 Å². The van der Waals surface area contributed by atoms with Crippen molar-refractivity contribution in [1.82, 2.24) is 14.7 Å². The maximum atomic E-state index is 12.8. The van der Waals surface area contributed by atoms with Crippen molar-refractivity contribution in [2.75, 3.05) is 31.6 Å². The van der Waals surface area contributed by atoms with Gasteiger partial charge in [0.2, 0.25) is 0 Å². The number of thiol groups is 1. The van der Waals surface area contributed by atoms with Crippen molar-refractivity contribution >= 4 is 35.1 Å². The summed E-state index contributed by atoms with van der Waals surface area (Å²) in [6, 6.07) is 16.3. The highest BCUT2D eigenvalue weighted by atomic mass is 32.1. The van der Waals surface area contributed by atoms with Crippen LogP contribution >= 0.6 is 12.6 Å². The van der Waals surface area contributed by atoms with E-state index in [1.54, 1.807) is 0 Å². The number of likely N-dealkylation sites (tertiary alicyclic amines) is 1. The molecule has 1 amide bonds. The number of anilines is 1. The molecule has 0 bridgehead atoms. The highest BCUT2D eigenvalue weighted by Gasteiger charge is 2.23. The van der Waals surface area contributed by atoms with Gasteiger partial charge in [-0.2, -0.15) is 5.10 Å². The normalized spacial score (nSPS) is 14.5. The maximum absolute atomic E-state index is 12.8. The number of carbonyl (C=O) groups is 1. The number of hydrogen-bond donors (Lipinski definition) is 4. The first-order valence-electron chi connectivity index (χ1n) is 14.3. The molecule has 4 aromatic rings. The van der Waals surface area contributed by atoms with Crippen molar-refractivity contribution < 1.29 is 9.90 Å². The number of aliphatic hydroxyl groups excluding tert-OH is 1. The van der Waals surface area contributed by atoms with Gasteiger partial charge in [-0.15, -0.1) is 12.6 Å². The third-order valence-electron chi connectivity index (χ3n) is 7.74. The number of aryl methyl sites for hydroxylation is 4. The molecule has 41 heavy (non-hydrogen) atoms. The second kappa shape index (κ2) is 13.6. The molecule has 218 valence electrons. The number of carbonyl (C=O) groups excluding carboxylic acids is 1. The number of nitrogens with zero attached hydrogens (tertiary/aromatic N) is 3. The minimum atomic E-state index is 0.0476. The summed E-state index contributed by atoms with van der Waals surface area (Å²) in [6.07, 6.45) is 3.58. The lowest BCUT2D eigenvalue weighted by atomic mass is 9.97. The van der Waals surface area contributed by atoms with Crippen molar-refractivity contribution in [2.24, 2.45) is 11.7 Å². The number of aliphatic hydroxyl groups is 1. The van der Waals surface area contributed by atoms with Crippen LogP contribution in [-0.2, 0) is 0 Å². The van der Waals surface area contributed by atoms with Crippen LogP contribution in [0.1, 0.15) is 52.4 Å². The molecule has 7 nitrogen and oxygen atoms in total. The van der Waals surface area contributed by atoms with Gasteiger partial charge in [0.05, 0.1) is 17.4 Å². The van der Waals surface area contributed by atoms with Crippen molar-refractivity contribution in [3.05, 3.63) is 82.5 Å². The summed E-state index contributed by atoms with van der Waals surface area (Å²) >= 11 is 4.36. The highest BCUT2D eigenvalue weighted by Crippen LogP contribution is 2.28. The van der Waals surface area contributed by atoms with E-state index in [0.29, 0.717) is 31.1 Å². The molecule has 1 saturated heterocycles. The third-order valence-corrected chi connectivity index (χ3v) is 8.45. The third kappa shape index (κ3) is 7.31. The molecular weight excluding hydrogens is 530 g/mol. The zero-order valence-electron chi connectivity index (χ0n) is 24.8. The summed E-state index contributed by atoms with van der Waals surface area (Å²) in [4.78, 5) is 15.8. The number of nitrogens with two attached hydrogens (primary N) is 1. The van der Waals surface area contributed by atoms with Crippen LogP contribution < -0.4 is 11.1 Å². The summed E-state index contributed by atoms with van der Waals surface area (Å²) in [7, 11) is 0. The molecule has 1 aliphatic heterocycles. The van der Waals surface area contributed by atoms with E-state index in [0.717, 1.165) is 45.6 Å². The Balaban J connectivity index is 0.000000328. The smallest absolute Gasteiger partial charge is 0.253 e. The van der Waals surface area contributed by atoms with Gasteiger partial charge in [0.25, 0.3) is 5.91 Å². The van der Waals surface area contributed by atoms with Crippen LogP contribution in [0.3, 0.4) is 0 Å². The van der Waals surface area contributed by atoms with Crippen LogP contribution in [0.15, 0.2) is 59.6 Å². The molecule has 0 radical (unpaired) electrons. The van der Waals surface area contributed by atoms with Gasteiger partial charge in [-0.3, -0.25) is 4.79 Å². The minimum Gasteiger partial charge on any atom is -0.396 e. The van der Waals surface area contributed by atoms with E-state index in [2.05, 4.69) is 81.9 Å². The van der Waals surface area contributed by atoms with Crippen LogP contribution in [0.25, 0.3) is 16.6 Å². The van der Waals surface area contributed by atoms with E-state index in [9.17, 15) is 9.90 Å². The highest BCUT2D eigenvalue weighted by molar-refractivity contribution is 7.80. The van der Waals surface area contributed by atoms with Gasteiger partial charge in [0, 0.05) is 53.8 Å². The van der Waals surface area contributed by atoms with Gasteiger partial charge < -0.3 is 21.1 Å². The number of benzene rings is 3. The number of aromatic nitrogens is 2. The van der Waals surface area contributed by atoms with Crippen LogP contribution in [-0.4, -0.2) is 58.0 Å². The Bertz CT molecular complexity index is 1470. The van der Waals surface area contributed by atoms with Crippen molar-refractivity contribution in [2.45, 2.75) is 58.4 Å². The van der Waals surface area contributed by atoms with Gasteiger partial charge in [-0.25, -0.2) is 4.68 Å². The second-order valence-corrected chi connectivity index (χ2v) is 11.7. The molecule has 2 heterocycles. The fourth-order valence-corrected chi connectivity index (χ4v) is 5.46. The van der Waals surface area contributed by atoms with Gasteiger partial charge in [-0.05, 0) is 106 Å². The van der Waals surface area contributed by atoms with E-state index in [4.69, 9.17) is 5.73 Å². The lowest BCUT2D eigenvalue weighted by Crippen LogP contribution is -2.39. The molecular formula is C33H43N5O2S. The van der Waals surface area contributed by atoms with Crippen molar-refractivity contribution in [1.29, 1.82) is 0 Å². The molecule has 1 aliphatic rings. The van der Waals surface area contributed by atoms with Gasteiger partial charge in [0.1, 0.15) is 0 Å². The van der Waals surface area contributed by atoms with E-state index in [1.165, 1.54) is 16.7 Å². The second-order valence-electron chi connectivity index (χ2n) is 11.3. The van der Waals surface area contributed by atoms with E-state index >= 15 is 0 Å². The van der Waals surface area contributed by atoms with Crippen LogP contribution in [0.4, 0.5) is 5.69 Å². The molecule has 0 saturated carbocycles. The molecule has 1 atom stereocenters. The Morgan fingerprint density at radius 1 is 1.05 bits per heavy atom.